The van der Waals surface area contributed by atoms with E-state index in [1.165, 1.54) is 0 Å². The number of benzene rings is 1. The molecule has 1 unspecified atom stereocenters. The molecule has 0 saturated carbocycles. The number of piperazine rings is 1. The lowest BCUT2D eigenvalue weighted by molar-refractivity contribution is -0.139. The topological polar surface area (TPSA) is 65.1 Å². The first kappa shape index (κ1) is 23.0. The van der Waals surface area contributed by atoms with Crippen molar-refractivity contribution in [1.82, 2.24) is 20.0 Å². The van der Waals surface area contributed by atoms with Crippen molar-refractivity contribution in [1.29, 1.82) is 0 Å². The monoisotopic (exact) mass is 426 g/mol. The number of esters is 1. The summed E-state index contributed by atoms with van der Waals surface area (Å²) < 4.78 is 5.46. The number of carbonyl (C=O) groups is 2. The lowest BCUT2D eigenvalue weighted by Crippen LogP contribution is -2.53. The van der Waals surface area contributed by atoms with Crippen molar-refractivity contribution in [2.24, 2.45) is 0 Å². The van der Waals surface area contributed by atoms with E-state index in [1.807, 2.05) is 31.2 Å². The number of rotatable bonds is 8. The van der Waals surface area contributed by atoms with Crippen molar-refractivity contribution in [2.45, 2.75) is 26.8 Å². The van der Waals surface area contributed by atoms with Crippen LogP contribution in [0.4, 0.5) is 4.79 Å². The third-order valence-electron chi connectivity index (χ3n) is 6.03. The van der Waals surface area contributed by atoms with Gasteiger partial charge in [0.25, 0.3) is 0 Å². The van der Waals surface area contributed by atoms with Crippen molar-refractivity contribution < 1.29 is 14.3 Å². The van der Waals surface area contributed by atoms with Gasteiger partial charge >= 0.3 is 12.0 Å². The first-order valence-electron chi connectivity index (χ1n) is 11.1. The molecule has 0 aromatic heterocycles. The van der Waals surface area contributed by atoms with Crippen LogP contribution in [0.3, 0.4) is 0 Å². The largest absolute Gasteiger partial charge is 0.463 e. The molecule has 2 heterocycles. The van der Waals surface area contributed by atoms with E-state index in [0.29, 0.717) is 24.4 Å². The first-order valence-corrected chi connectivity index (χ1v) is 11.1. The smallest absolute Gasteiger partial charge is 0.338 e. The van der Waals surface area contributed by atoms with Crippen LogP contribution in [0.5, 0.6) is 0 Å². The third kappa shape index (κ3) is 5.17. The SMILES string of the molecule is C=CCN1C(=O)NC(c2ccccc2C)C(C(=O)OCC)=C1CN1CCN(CC)CC1. The molecule has 7 nitrogen and oxygen atoms in total. The van der Waals surface area contributed by atoms with Crippen LogP contribution in [0.2, 0.25) is 0 Å². The van der Waals surface area contributed by atoms with E-state index in [9.17, 15) is 9.59 Å². The number of amides is 2. The van der Waals surface area contributed by atoms with Crippen molar-refractivity contribution in [2.75, 3.05) is 52.4 Å². The van der Waals surface area contributed by atoms with Gasteiger partial charge in [0, 0.05) is 45.0 Å². The summed E-state index contributed by atoms with van der Waals surface area (Å²) in [6.07, 6.45) is 1.69. The number of carbonyl (C=O) groups excluding carboxylic acids is 2. The Morgan fingerprint density at radius 2 is 1.87 bits per heavy atom. The number of hydrogen-bond donors (Lipinski definition) is 1. The van der Waals surface area contributed by atoms with Crippen LogP contribution in [-0.2, 0) is 9.53 Å². The summed E-state index contributed by atoms with van der Waals surface area (Å²) in [6.45, 7) is 15.7. The highest BCUT2D eigenvalue weighted by Crippen LogP contribution is 2.33. The van der Waals surface area contributed by atoms with E-state index >= 15 is 0 Å². The summed E-state index contributed by atoms with van der Waals surface area (Å²) >= 11 is 0. The quantitative estimate of drug-likeness (QED) is 0.512. The second-order valence-electron chi connectivity index (χ2n) is 7.93. The molecule has 1 aromatic rings. The third-order valence-corrected chi connectivity index (χ3v) is 6.03. The summed E-state index contributed by atoms with van der Waals surface area (Å²) in [5.74, 6) is -0.382. The van der Waals surface area contributed by atoms with Crippen LogP contribution in [0, 0.1) is 6.92 Å². The molecular weight excluding hydrogens is 392 g/mol. The maximum Gasteiger partial charge on any atom is 0.338 e. The Hall–Kier alpha value is -2.64. The Morgan fingerprint density at radius 3 is 2.48 bits per heavy atom. The normalized spacial score (nSPS) is 20.5. The van der Waals surface area contributed by atoms with Gasteiger partial charge in [-0.15, -0.1) is 6.58 Å². The molecule has 1 fully saturated rings. The van der Waals surface area contributed by atoms with E-state index < -0.39 is 6.04 Å². The highest BCUT2D eigenvalue weighted by molar-refractivity contribution is 5.95. The molecule has 2 aliphatic rings. The maximum atomic E-state index is 13.2. The van der Waals surface area contributed by atoms with Gasteiger partial charge in [0.15, 0.2) is 0 Å². The molecule has 7 heteroatoms. The average molecular weight is 427 g/mol. The van der Waals surface area contributed by atoms with Gasteiger partial charge < -0.3 is 15.0 Å². The number of ether oxygens (including phenoxy) is 1. The lowest BCUT2D eigenvalue weighted by Gasteiger charge is -2.40. The fourth-order valence-corrected chi connectivity index (χ4v) is 4.26. The molecule has 0 radical (unpaired) electrons. The van der Waals surface area contributed by atoms with Crippen molar-refractivity contribution in [3.8, 4) is 0 Å². The first-order chi connectivity index (χ1) is 15.0. The van der Waals surface area contributed by atoms with Crippen LogP contribution < -0.4 is 5.32 Å². The average Bonchev–Trinajstić information content (AvgIpc) is 2.77. The predicted molar refractivity (Wildman–Crippen MR) is 122 cm³/mol. The molecule has 168 valence electrons. The number of hydrogen-bond acceptors (Lipinski definition) is 5. The number of nitrogens with one attached hydrogen (secondary N) is 1. The Labute approximate surface area is 185 Å². The van der Waals surface area contributed by atoms with E-state index in [4.69, 9.17) is 4.74 Å². The van der Waals surface area contributed by atoms with Crippen LogP contribution in [0.1, 0.15) is 31.0 Å². The van der Waals surface area contributed by atoms with Gasteiger partial charge in [-0.1, -0.05) is 37.3 Å². The van der Waals surface area contributed by atoms with Crippen molar-refractivity contribution in [3.63, 3.8) is 0 Å². The molecule has 2 amide bonds. The van der Waals surface area contributed by atoms with Gasteiger partial charge in [-0.25, -0.2) is 9.59 Å². The summed E-state index contributed by atoms with van der Waals surface area (Å²) in [7, 11) is 0. The van der Waals surface area contributed by atoms with Gasteiger partial charge in [-0.3, -0.25) is 9.80 Å². The zero-order chi connectivity index (χ0) is 22.4. The zero-order valence-corrected chi connectivity index (χ0v) is 18.9. The van der Waals surface area contributed by atoms with E-state index in [-0.39, 0.29) is 18.6 Å². The highest BCUT2D eigenvalue weighted by atomic mass is 16.5. The summed E-state index contributed by atoms with van der Waals surface area (Å²) in [6, 6.07) is 7.07. The Kier molecular flexibility index (Phi) is 7.87. The molecule has 1 saturated heterocycles. The molecule has 1 aromatic carbocycles. The number of likely N-dealkylation sites (N-methyl/N-ethyl adjacent to an activating group) is 1. The molecule has 2 aliphatic heterocycles. The molecule has 3 rings (SSSR count). The number of urea groups is 1. The molecule has 1 N–H and O–H groups in total. The lowest BCUT2D eigenvalue weighted by atomic mass is 9.91. The highest BCUT2D eigenvalue weighted by Gasteiger charge is 2.39. The van der Waals surface area contributed by atoms with Gasteiger partial charge in [0.1, 0.15) is 0 Å². The maximum absolute atomic E-state index is 13.2. The van der Waals surface area contributed by atoms with E-state index in [0.717, 1.165) is 43.9 Å². The number of aryl methyl sites for hydroxylation is 1. The molecule has 31 heavy (non-hydrogen) atoms. The Bertz CT molecular complexity index is 843. The fraction of sp³-hybridized carbons (Fsp3) is 0.500. The molecule has 0 bridgehead atoms. The standard InChI is InChI=1S/C24H34N4O3/c1-5-12-28-20(17-27-15-13-26(6-2)14-16-27)21(23(29)31-7-3)22(25-24(28)30)19-11-9-8-10-18(19)4/h5,8-11,22H,1,6-7,12-17H2,2-4H3,(H,25,30). The van der Waals surface area contributed by atoms with Gasteiger partial charge in [0.2, 0.25) is 0 Å². The molecular formula is C24H34N4O3. The van der Waals surface area contributed by atoms with E-state index in [2.05, 4.69) is 28.6 Å². The van der Waals surface area contributed by atoms with Crippen molar-refractivity contribution in [3.05, 3.63) is 59.3 Å². The minimum atomic E-state index is -0.541. The second-order valence-corrected chi connectivity index (χ2v) is 7.93. The Morgan fingerprint density at radius 1 is 1.19 bits per heavy atom. The molecule has 0 aliphatic carbocycles. The van der Waals surface area contributed by atoms with Crippen LogP contribution >= 0.6 is 0 Å². The van der Waals surface area contributed by atoms with Crippen LogP contribution in [-0.4, -0.2) is 79.1 Å². The minimum absolute atomic E-state index is 0.219. The summed E-state index contributed by atoms with van der Waals surface area (Å²) in [5, 5.41) is 3.03. The van der Waals surface area contributed by atoms with Crippen LogP contribution in [0.25, 0.3) is 0 Å². The molecule has 1 atom stereocenters. The van der Waals surface area contributed by atoms with Gasteiger partial charge in [-0.2, -0.15) is 0 Å². The molecule has 0 spiro atoms. The van der Waals surface area contributed by atoms with Gasteiger partial charge in [-0.05, 0) is 31.5 Å². The van der Waals surface area contributed by atoms with E-state index in [1.54, 1.807) is 17.9 Å². The fourth-order valence-electron chi connectivity index (χ4n) is 4.26. The zero-order valence-electron chi connectivity index (χ0n) is 18.9. The summed E-state index contributed by atoms with van der Waals surface area (Å²) in [4.78, 5) is 32.6. The Balaban J connectivity index is 2.06. The van der Waals surface area contributed by atoms with Gasteiger partial charge in [0.05, 0.1) is 18.2 Å². The number of nitrogens with zero attached hydrogens (tertiary/aromatic N) is 3. The summed E-state index contributed by atoms with van der Waals surface area (Å²) in [5.41, 5.74) is 3.14. The predicted octanol–water partition coefficient (Wildman–Crippen LogP) is 2.70. The van der Waals surface area contributed by atoms with Crippen molar-refractivity contribution >= 4 is 12.0 Å². The minimum Gasteiger partial charge on any atom is -0.463 e. The second kappa shape index (κ2) is 10.6. The van der Waals surface area contributed by atoms with Crippen LogP contribution in [0.15, 0.2) is 48.2 Å².